The molecule has 0 aromatic heterocycles. The van der Waals surface area contributed by atoms with Gasteiger partial charge < -0.3 is 16.2 Å². The van der Waals surface area contributed by atoms with Crippen LogP contribution in [0.3, 0.4) is 0 Å². The monoisotopic (exact) mass is 262 g/mol. The van der Waals surface area contributed by atoms with Gasteiger partial charge in [-0.15, -0.1) is 0 Å². The zero-order valence-electron chi connectivity index (χ0n) is 11.6. The molecule has 1 aromatic rings. The molecule has 0 saturated heterocycles. The maximum atomic E-state index is 12.2. The van der Waals surface area contributed by atoms with Crippen molar-refractivity contribution in [2.75, 3.05) is 5.73 Å². The minimum absolute atomic E-state index is 0.0458. The van der Waals surface area contributed by atoms with Gasteiger partial charge in [0.2, 0.25) is 0 Å². The Morgan fingerprint density at radius 2 is 2.16 bits per heavy atom. The number of phenols is 1. The smallest absolute Gasteiger partial charge is 0.251 e. The lowest BCUT2D eigenvalue weighted by Gasteiger charge is -2.39. The third-order valence-corrected chi connectivity index (χ3v) is 4.11. The summed E-state index contributed by atoms with van der Waals surface area (Å²) in [6.07, 6.45) is 4.52. The fourth-order valence-electron chi connectivity index (χ4n) is 2.69. The van der Waals surface area contributed by atoms with Crippen LogP contribution in [0.5, 0.6) is 5.75 Å². The first-order valence-electron chi connectivity index (χ1n) is 6.79. The number of carbonyl (C=O) groups excluding carboxylic acids is 1. The number of rotatable bonds is 2. The number of hydrogen-bond acceptors (Lipinski definition) is 3. The van der Waals surface area contributed by atoms with E-state index < -0.39 is 0 Å². The Bertz CT molecular complexity index is 483. The van der Waals surface area contributed by atoms with Gasteiger partial charge in [-0.2, -0.15) is 0 Å². The molecule has 4 nitrogen and oxygen atoms in total. The standard InChI is InChI=1S/C15H22N2O2/c1-15(2)8-4-3-5-13(15)17-14(19)10-6-7-11(16)12(18)9-10/h6-7,9,13,18H,3-5,8,16H2,1-2H3,(H,17,19). The fourth-order valence-corrected chi connectivity index (χ4v) is 2.69. The molecule has 1 aliphatic carbocycles. The number of hydrogen-bond donors (Lipinski definition) is 3. The van der Waals surface area contributed by atoms with Crippen molar-refractivity contribution in [2.24, 2.45) is 5.41 Å². The van der Waals surface area contributed by atoms with Gasteiger partial charge in [0.05, 0.1) is 5.69 Å². The van der Waals surface area contributed by atoms with Gasteiger partial charge in [-0.1, -0.05) is 26.7 Å². The van der Waals surface area contributed by atoms with Crippen LogP contribution >= 0.6 is 0 Å². The molecule has 1 fully saturated rings. The van der Waals surface area contributed by atoms with Gasteiger partial charge in [0.25, 0.3) is 5.91 Å². The second-order valence-electron chi connectivity index (χ2n) is 6.03. The van der Waals surface area contributed by atoms with Crippen LogP contribution < -0.4 is 11.1 Å². The van der Waals surface area contributed by atoms with E-state index in [1.165, 1.54) is 12.5 Å². The highest BCUT2D eigenvalue weighted by Gasteiger charge is 2.33. The second kappa shape index (κ2) is 5.11. The average molecular weight is 262 g/mol. The van der Waals surface area contributed by atoms with Crippen molar-refractivity contribution >= 4 is 11.6 Å². The molecule has 0 radical (unpaired) electrons. The van der Waals surface area contributed by atoms with Gasteiger partial charge in [0, 0.05) is 11.6 Å². The Balaban J connectivity index is 2.10. The van der Waals surface area contributed by atoms with Crippen LogP contribution in [-0.2, 0) is 0 Å². The molecule has 1 aromatic carbocycles. The number of carbonyl (C=O) groups is 1. The number of amides is 1. The maximum absolute atomic E-state index is 12.2. The zero-order chi connectivity index (χ0) is 14.0. The van der Waals surface area contributed by atoms with Crippen LogP contribution in [0, 0.1) is 5.41 Å². The molecule has 0 bridgehead atoms. The van der Waals surface area contributed by atoms with Crippen LogP contribution in [0.15, 0.2) is 18.2 Å². The molecule has 1 saturated carbocycles. The molecule has 1 atom stereocenters. The highest BCUT2D eigenvalue weighted by Crippen LogP contribution is 2.35. The summed E-state index contributed by atoms with van der Waals surface area (Å²) < 4.78 is 0. The lowest BCUT2D eigenvalue weighted by molar-refractivity contribution is 0.0853. The van der Waals surface area contributed by atoms with E-state index in [9.17, 15) is 9.90 Å². The van der Waals surface area contributed by atoms with Crippen molar-refractivity contribution in [3.8, 4) is 5.75 Å². The summed E-state index contributed by atoms with van der Waals surface area (Å²) in [5.74, 6) is -0.189. The van der Waals surface area contributed by atoms with Gasteiger partial charge in [0.15, 0.2) is 0 Å². The molecular weight excluding hydrogens is 240 g/mol. The van der Waals surface area contributed by atoms with Crippen molar-refractivity contribution in [3.05, 3.63) is 23.8 Å². The molecule has 104 valence electrons. The van der Waals surface area contributed by atoms with Crippen LogP contribution in [0.25, 0.3) is 0 Å². The number of aromatic hydroxyl groups is 1. The summed E-state index contributed by atoms with van der Waals surface area (Å²) in [4.78, 5) is 12.2. The summed E-state index contributed by atoms with van der Waals surface area (Å²) in [5, 5.41) is 12.6. The summed E-state index contributed by atoms with van der Waals surface area (Å²) in [7, 11) is 0. The molecule has 0 heterocycles. The third-order valence-electron chi connectivity index (χ3n) is 4.11. The van der Waals surface area contributed by atoms with E-state index in [1.54, 1.807) is 12.1 Å². The van der Waals surface area contributed by atoms with Crippen LogP contribution in [0.2, 0.25) is 0 Å². The van der Waals surface area contributed by atoms with E-state index >= 15 is 0 Å². The predicted octanol–water partition coefficient (Wildman–Crippen LogP) is 2.67. The SMILES string of the molecule is CC1(C)CCCCC1NC(=O)c1ccc(N)c(O)c1. The molecule has 4 N–H and O–H groups in total. The molecule has 4 heteroatoms. The van der Waals surface area contributed by atoms with Crippen molar-refractivity contribution in [2.45, 2.75) is 45.6 Å². The maximum Gasteiger partial charge on any atom is 0.251 e. The molecule has 0 aliphatic heterocycles. The molecule has 1 amide bonds. The Hall–Kier alpha value is -1.71. The first-order valence-corrected chi connectivity index (χ1v) is 6.79. The number of phenolic OH excluding ortho intramolecular Hbond substituents is 1. The van der Waals surface area contributed by atoms with E-state index in [-0.39, 0.29) is 28.8 Å². The van der Waals surface area contributed by atoms with Gasteiger partial charge in [-0.3, -0.25) is 4.79 Å². The Morgan fingerprint density at radius 3 is 2.79 bits per heavy atom. The molecule has 1 aliphatic rings. The summed E-state index contributed by atoms with van der Waals surface area (Å²) in [6, 6.07) is 4.80. The van der Waals surface area contributed by atoms with Crippen LogP contribution in [0.1, 0.15) is 49.9 Å². The summed E-state index contributed by atoms with van der Waals surface area (Å²) in [6.45, 7) is 4.38. The van der Waals surface area contributed by atoms with E-state index in [4.69, 9.17) is 5.73 Å². The van der Waals surface area contributed by atoms with Gasteiger partial charge >= 0.3 is 0 Å². The normalized spacial score (nSPS) is 21.9. The molecule has 2 rings (SSSR count). The van der Waals surface area contributed by atoms with Crippen molar-refractivity contribution in [1.82, 2.24) is 5.32 Å². The van der Waals surface area contributed by atoms with E-state index in [0.717, 1.165) is 19.3 Å². The number of benzene rings is 1. The number of nitrogens with two attached hydrogens (primary N) is 1. The van der Waals surface area contributed by atoms with Crippen molar-refractivity contribution in [1.29, 1.82) is 0 Å². The van der Waals surface area contributed by atoms with Gasteiger partial charge in [-0.25, -0.2) is 0 Å². The molecule has 1 unspecified atom stereocenters. The quantitative estimate of drug-likeness (QED) is 0.566. The summed E-state index contributed by atoms with van der Waals surface area (Å²) >= 11 is 0. The van der Waals surface area contributed by atoms with Crippen molar-refractivity contribution < 1.29 is 9.90 Å². The summed E-state index contributed by atoms with van der Waals surface area (Å²) in [5.41, 5.74) is 6.40. The Labute approximate surface area is 114 Å². The largest absolute Gasteiger partial charge is 0.506 e. The lowest BCUT2D eigenvalue weighted by Crippen LogP contribution is -2.46. The fraction of sp³-hybridized carbons (Fsp3) is 0.533. The number of nitrogens with one attached hydrogen (secondary N) is 1. The first-order chi connectivity index (χ1) is 8.90. The van der Waals surface area contributed by atoms with Gasteiger partial charge in [-0.05, 0) is 36.5 Å². The van der Waals surface area contributed by atoms with Crippen LogP contribution in [0.4, 0.5) is 5.69 Å². The number of nitrogen functional groups attached to an aromatic ring is 1. The minimum Gasteiger partial charge on any atom is -0.506 e. The topological polar surface area (TPSA) is 75.4 Å². The zero-order valence-corrected chi connectivity index (χ0v) is 11.6. The Morgan fingerprint density at radius 1 is 1.42 bits per heavy atom. The third kappa shape index (κ3) is 3.00. The van der Waals surface area contributed by atoms with Gasteiger partial charge in [0.1, 0.15) is 5.75 Å². The van der Waals surface area contributed by atoms with Crippen molar-refractivity contribution in [3.63, 3.8) is 0 Å². The molecule has 0 spiro atoms. The highest BCUT2D eigenvalue weighted by molar-refractivity contribution is 5.95. The second-order valence-corrected chi connectivity index (χ2v) is 6.03. The van der Waals surface area contributed by atoms with E-state index in [1.807, 2.05) is 0 Å². The Kier molecular flexibility index (Phi) is 3.69. The molecule has 19 heavy (non-hydrogen) atoms. The first kappa shape index (κ1) is 13.7. The predicted molar refractivity (Wildman–Crippen MR) is 76.0 cm³/mol. The average Bonchev–Trinajstić information content (AvgIpc) is 2.35. The lowest BCUT2D eigenvalue weighted by atomic mass is 9.73. The number of anilines is 1. The van der Waals surface area contributed by atoms with E-state index in [0.29, 0.717) is 5.56 Å². The molecular formula is C15H22N2O2. The van der Waals surface area contributed by atoms with E-state index in [2.05, 4.69) is 19.2 Å². The minimum atomic E-state index is -0.143. The highest BCUT2D eigenvalue weighted by atomic mass is 16.3. The van der Waals surface area contributed by atoms with Crippen LogP contribution in [-0.4, -0.2) is 17.1 Å².